The fourth-order valence-electron chi connectivity index (χ4n) is 2.15. The first-order valence-corrected chi connectivity index (χ1v) is 6.33. The molecule has 3 rings (SSSR count). The molecule has 7 nitrogen and oxygen atoms in total. The predicted octanol–water partition coefficient (Wildman–Crippen LogP) is 0.852. The zero-order chi connectivity index (χ0) is 15.9. The number of carbonyl (C=O) groups excluding carboxylic acids is 1. The van der Waals surface area contributed by atoms with Crippen molar-refractivity contribution in [2.45, 2.75) is 12.2 Å². The lowest BCUT2D eigenvalue weighted by Crippen LogP contribution is -2.48. The molecule has 10 heteroatoms. The van der Waals surface area contributed by atoms with Gasteiger partial charge in [0.25, 0.3) is 5.91 Å². The number of nitrogens with two attached hydrogens (primary N) is 1. The number of carbonyl (C=O) groups is 1. The number of amides is 1. The Kier molecular flexibility index (Phi) is 3.23. The lowest BCUT2D eigenvalue weighted by molar-refractivity contribution is -0.141. The van der Waals surface area contributed by atoms with E-state index in [-0.39, 0.29) is 11.9 Å². The summed E-state index contributed by atoms with van der Waals surface area (Å²) in [6, 6.07) is 0.867. The Morgan fingerprint density at radius 2 is 2.05 bits per heavy atom. The second kappa shape index (κ2) is 4.97. The van der Waals surface area contributed by atoms with E-state index in [2.05, 4.69) is 15.1 Å². The van der Waals surface area contributed by atoms with Crippen LogP contribution in [0.3, 0.4) is 0 Å². The number of rotatable bonds is 3. The molecule has 1 saturated heterocycles. The Morgan fingerprint density at radius 1 is 1.32 bits per heavy atom. The SMILES string of the molecule is NC(=O)c1cnn(C2CN(c3cc(C(F)(F)F)ncn3)C2)c1. The van der Waals surface area contributed by atoms with Gasteiger partial charge in [0.05, 0.1) is 17.8 Å². The zero-order valence-electron chi connectivity index (χ0n) is 11.2. The molecule has 0 atom stereocenters. The predicted molar refractivity (Wildman–Crippen MR) is 69.0 cm³/mol. The third-order valence-electron chi connectivity index (χ3n) is 3.39. The number of halogens is 3. The van der Waals surface area contributed by atoms with Crippen LogP contribution in [-0.4, -0.2) is 38.7 Å². The summed E-state index contributed by atoms with van der Waals surface area (Å²) in [4.78, 5) is 19.7. The number of hydrogen-bond acceptors (Lipinski definition) is 5. The first-order chi connectivity index (χ1) is 10.3. The molecule has 2 aromatic rings. The van der Waals surface area contributed by atoms with Gasteiger partial charge in [-0.05, 0) is 0 Å². The summed E-state index contributed by atoms with van der Waals surface area (Å²) in [7, 11) is 0. The van der Waals surface area contributed by atoms with Crippen LogP contribution in [0.4, 0.5) is 19.0 Å². The summed E-state index contributed by atoms with van der Waals surface area (Å²) < 4.78 is 39.4. The number of anilines is 1. The highest BCUT2D eigenvalue weighted by molar-refractivity contribution is 5.92. The quantitative estimate of drug-likeness (QED) is 0.907. The summed E-state index contributed by atoms with van der Waals surface area (Å²) in [5.41, 5.74) is 4.45. The summed E-state index contributed by atoms with van der Waals surface area (Å²) >= 11 is 0. The molecule has 1 amide bonds. The fourth-order valence-corrected chi connectivity index (χ4v) is 2.15. The van der Waals surface area contributed by atoms with Crippen LogP contribution in [0, 0.1) is 0 Å². The van der Waals surface area contributed by atoms with Gasteiger partial charge in [-0.3, -0.25) is 9.48 Å². The molecule has 2 aromatic heterocycles. The van der Waals surface area contributed by atoms with E-state index in [1.807, 2.05) is 0 Å². The molecule has 0 aromatic carbocycles. The summed E-state index contributed by atoms with van der Waals surface area (Å²) in [5, 5.41) is 4.02. The Morgan fingerprint density at radius 3 is 2.64 bits per heavy atom. The molecule has 0 bridgehead atoms. The fraction of sp³-hybridized carbons (Fsp3) is 0.333. The van der Waals surface area contributed by atoms with Crippen LogP contribution >= 0.6 is 0 Å². The molecular weight excluding hydrogens is 301 g/mol. The van der Waals surface area contributed by atoms with Gasteiger partial charge in [0, 0.05) is 25.4 Å². The summed E-state index contributed by atoms with van der Waals surface area (Å²) in [6.07, 6.45) is -0.728. The highest BCUT2D eigenvalue weighted by Gasteiger charge is 2.35. The number of nitrogens with zero attached hydrogens (tertiary/aromatic N) is 5. The molecule has 1 aliphatic heterocycles. The summed E-state index contributed by atoms with van der Waals surface area (Å²) in [5.74, 6) is -0.367. The second-order valence-corrected chi connectivity index (χ2v) is 4.89. The number of aromatic nitrogens is 4. The van der Waals surface area contributed by atoms with Gasteiger partial charge in [-0.1, -0.05) is 0 Å². The Balaban J connectivity index is 1.69. The Labute approximate surface area is 122 Å². The maximum absolute atomic E-state index is 12.6. The smallest absolute Gasteiger partial charge is 0.366 e. The minimum atomic E-state index is -4.50. The normalized spacial score (nSPS) is 15.7. The molecule has 22 heavy (non-hydrogen) atoms. The maximum Gasteiger partial charge on any atom is 0.433 e. The van der Waals surface area contributed by atoms with E-state index in [9.17, 15) is 18.0 Å². The minimum absolute atomic E-state index is 0.0441. The molecule has 0 unspecified atom stereocenters. The molecule has 0 radical (unpaired) electrons. The highest BCUT2D eigenvalue weighted by atomic mass is 19.4. The van der Waals surface area contributed by atoms with E-state index in [1.54, 1.807) is 9.58 Å². The monoisotopic (exact) mass is 312 g/mol. The highest BCUT2D eigenvalue weighted by Crippen LogP contribution is 2.31. The van der Waals surface area contributed by atoms with Crippen LogP contribution in [0.25, 0.3) is 0 Å². The van der Waals surface area contributed by atoms with Crippen LogP contribution in [0.1, 0.15) is 22.1 Å². The van der Waals surface area contributed by atoms with Crippen molar-refractivity contribution in [2.75, 3.05) is 18.0 Å². The van der Waals surface area contributed by atoms with Gasteiger partial charge in [-0.15, -0.1) is 0 Å². The number of alkyl halides is 3. The number of hydrogen-bond donors (Lipinski definition) is 1. The van der Waals surface area contributed by atoms with Gasteiger partial charge in [-0.25, -0.2) is 9.97 Å². The first kappa shape index (κ1) is 14.3. The summed E-state index contributed by atoms with van der Waals surface area (Å²) in [6.45, 7) is 0.877. The lowest BCUT2D eigenvalue weighted by Gasteiger charge is -2.40. The molecule has 0 spiro atoms. The average molecular weight is 312 g/mol. The van der Waals surface area contributed by atoms with Gasteiger partial charge in [0.15, 0.2) is 0 Å². The van der Waals surface area contributed by atoms with E-state index in [1.165, 1.54) is 12.4 Å². The van der Waals surface area contributed by atoms with Crippen molar-refractivity contribution in [3.8, 4) is 0 Å². The van der Waals surface area contributed by atoms with Crippen molar-refractivity contribution in [1.29, 1.82) is 0 Å². The van der Waals surface area contributed by atoms with Crippen molar-refractivity contribution < 1.29 is 18.0 Å². The van der Waals surface area contributed by atoms with Crippen LogP contribution in [0.5, 0.6) is 0 Å². The topological polar surface area (TPSA) is 89.9 Å². The van der Waals surface area contributed by atoms with Gasteiger partial charge >= 0.3 is 6.18 Å². The molecule has 1 fully saturated rings. The molecule has 0 aliphatic carbocycles. The maximum atomic E-state index is 12.6. The first-order valence-electron chi connectivity index (χ1n) is 6.33. The van der Waals surface area contributed by atoms with Crippen molar-refractivity contribution in [1.82, 2.24) is 19.7 Å². The standard InChI is InChI=1S/C12H11F3N6O/c13-12(14,15)9-1-10(18-6-17-9)20-4-8(5-20)21-3-7(2-19-21)11(16)22/h1-3,6,8H,4-5H2,(H2,16,22). The van der Waals surface area contributed by atoms with Crippen LogP contribution in [0.2, 0.25) is 0 Å². The molecule has 3 heterocycles. The zero-order valence-corrected chi connectivity index (χ0v) is 11.2. The Bertz CT molecular complexity index is 707. The van der Waals surface area contributed by atoms with Crippen molar-refractivity contribution in [2.24, 2.45) is 5.73 Å². The van der Waals surface area contributed by atoms with Crippen molar-refractivity contribution in [3.63, 3.8) is 0 Å². The van der Waals surface area contributed by atoms with Crippen molar-refractivity contribution >= 4 is 11.7 Å². The third kappa shape index (κ3) is 2.59. The third-order valence-corrected chi connectivity index (χ3v) is 3.39. The van der Waals surface area contributed by atoms with E-state index in [0.29, 0.717) is 18.7 Å². The minimum Gasteiger partial charge on any atom is -0.366 e. The van der Waals surface area contributed by atoms with E-state index in [4.69, 9.17) is 5.73 Å². The molecule has 1 aliphatic rings. The molecular formula is C12H11F3N6O. The lowest BCUT2D eigenvalue weighted by atomic mass is 10.1. The van der Waals surface area contributed by atoms with Crippen LogP contribution in [-0.2, 0) is 6.18 Å². The molecule has 0 saturated carbocycles. The van der Waals surface area contributed by atoms with Gasteiger partial charge < -0.3 is 10.6 Å². The van der Waals surface area contributed by atoms with Gasteiger partial charge in [0.2, 0.25) is 0 Å². The average Bonchev–Trinajstić information content (AvgIpc) is 2.86. The van der Waals surface area contributed by atoms with E-state index in [0.717, 1.165) is 12.4 Å². The van der Waals surface area contributed by atoms with E-state index >= 15 is 0 Å². The largest absolute Gasteiger partial charge is 0.433 e. The second-order valence-electron chi connectivity index (χ2n) is 4.89. The van der Waals surface area contributed by atoms with Gasteiger partial charge in [0.1, 0.15) is 17.8 Å². The number of primary amides is 1. The van der Waals surface area contributed by atoms with Crippen LogP contribution < -0.4 is 10.6 Å². The Hall–Kier alpha value is -2.65. The molecule has 2 N–H and O–H groups in total. The van der Waals surface area contributed by atoms with E-state index < -0.39 is 17.8 Å². The van der Waals surface area contributed by atoms with Crippen LogP contribution in [0.15, 0.2) is 24.8 Å². The molecule has 116 valence electrons. The van der Waals surface area contributed by atoms with Gasteiger partial charge in [-0.2, -0.15) is 18.3 Å². The van der Waals surface area contributed by atoms with Crippen molar-refractivity contribution in [3.05, 3.63) is 36.0 Å².